The van der Waals surface area contributed by atoms with E-state index in [0.717, 1.165) is 14.0 Å². The third-order valence-electron chi connectivity index (χ3n) is 2.25. The van der Waals surface area contributed by atoms with Gasteiger partial charge in [-0.25, -0.2) is 0 Å². The molecule has 7 nitrogen and oxygen atoms in total. The van der Waals surface area contributed by atoms with E-state index in [1.165, 1.54) is 0 Å². The van der Waals surface area contributed by atoms with Crippen molar-refractivity contribution in [3.05, 3.63) is 0 Å². The van der Waals surface area contributed by atoms with Crippen LogP contribution in [-0.4, -0.2) is 43.4 Å². The van der Waals surface area contributed by atoms with Gasteiger partial charge in [-0.05, 0) is 12.8 Å². The van der Waals surface area contributed by atoms with E-state index in [9.17, 15) is 18.0 Å². The monoisotopic (exact) mass is 282 g/mol. The van der Waals surface area contributed by atoms with Crippen LogP contribution in [0.25, 0.3) is 0 Å². The molecule has 1 atom stereocenters. The average Bonchev–Trinajstić information content (AvgIpc) is 2.23. The van der Waals surface area contributed by atoms with Crippen LogP contribution < -0.4 is 0 Å². The highest BCUT2D eigenvalue weighted by atomic mass is 32.2. The Morgan fingerprint density at radius 1 is 1.33 bits per heavy atom. The summed E-state index contributed by atoms with van der Waals surface area (Å²) in [4.78, 5) is 22.8. The van der Waals surface area contributed by atoms with Gasteiger partial charge in [0.15, 0.2) is 0 Å². The fourth-order valence-corrected chi connectivity index (χ4v) is 1.66. The van der Waals surface area contributed by atoms with Gasteiger partial charge in [0.05, 0.1) is 20.1 Å². The van der Waals surface area contributed by atoms with Crippen molar-refractivity contribution in [1.29, 1.82) is 0 Å². The second-order valence-corrected chi connectivity index (χ2v) is 6.30. The smallest absolute Gasteiger partial charge is 0.330 e. The molecule has 0 radical (unpaired) electrons. The summed E-state index contributed by atoms with van der Waals surface area (Å²) in [7, 11) is -3.82. The lowest BCUT2D eigenvalue weighted by molar-refractivity contribution is -0.152. The van der Waals surface area contributed by atoms with Crippen molar-refractivity contribution >= 4 is 22.1 Å². The molecule has 0 saturated carbocycles. The van der Waals surface area contributed by atoms with Gasteiger partial charge in [0.1, 0.15) is 0 Å². The van der Waals surface area contributed by atoms with Crippen LogP contribution in [0.3, 0.4) is 0 Å². The van der Waals surface area contributed by atoms with Crippen molar-refractivity contribution in [3.63, 3.8) is 0 Å². The average molecular weight is 282 g/mol. The topological polar surface area (TPSA) is 107 Å². The molecule has 0 aromatic rings. The molecule has 106 valence electrons. The van der Waals surface area contributed by atoms with Crippen LogP contribution in [0.4, 0.5) is 0 Å². The molecule has 0 aliphatic carbocycles. The number of hydrogen-bond acceptors (Lipinski definition) is 6. The van der Waals surface area contributed by atoms with Gasteiger partial charge in [0.25, 0.3) is 10.1 Å². The Balaban J connectivity index is 4.94. The van der Waals surface area contributed by atoms with Gasteiger partial charge in [-0.2, -0.15) is 8.42 Å². The Bertz CT molecular complexity index is 412. The first-order valence-electron chi connectivity index (χ1n) is 5.25. The van der Waals surface area contributed by atoms with Crippen molar-refractivity contribution in [1.82, 2.24) is 0 Å². The molecule has 0 heterocycles. The molecular formula is C10H18O7S. The molecule has 8 heteroatoms. The van der Waals surface area contributed by atoms with E-state index < -0.39 is 33.2 Å². The molecule has 0 bridgehead atoms. The lowest BCUT2D eigenvalue weighted by atomic mass is 10.1. The van der Waals surface area contributed by atoms with Crippen LogP contribution in [0.5, 0.6) is 0 Å². The van der Waals surface area contributed by atoms with Gasteiger partial charge in [-0.1, -0.05) is 13.8 Å². The van der Waals surface area contributed by atoms with Crippen LogP contribution >= 0.6 is 0 Å². The Labute approximate surface area is 106 Å². The summed E-state index contributed by atoms with van der Waals surface area (Å²) in [5.41, 5.74) is 0. The molecule has 0 spiro atoms. The number of hydrogen-bond donors (Lipinski definition) is 1. The Morgan fingerprint density at radius 3 is 2.17 bits per heavy atom. The molecule has 18 heavy (non-hydrogen) atoms. The van der Waals surface area contributed by atoms with Crippen LogP contribution in [0, 0.1) is 5.92 Å². The fourth-order valence-electron chi connectivity index (χ4n) is 1.07. The molecular weight excluding hydrogens is 264 g/mol. The van der Waals surface area contributed by atoms with Gasteiger partial charge in [-0.15, -0.1) is 0 Å². The number of ether oxygens (including phenoxy) is 2. The second kappa shape index (κ2) is 6.14. The lowest BCUT2D eigenvalue weighted by Gasteiger charge is -2.22. The predicted octanol–water partition coefficient (Wildman–Crippen LogP) is 0.395. The maximum Gasteiger partial charge on any atom is 0.330 e. The predicted molar refractivity (Wildman–Crippen MR) is 62.4 cm³/mol. The van der Waals surface area contributed by atoms with Crippen LogP contribution in [0.2, 0.25) is 0 Å². The van der Waals surface area contributed by atoms with E-state index in [-0.39, 0.29) is 12.5 Å². The van der Waals surface area contributed by atoms with E-state index in [0.29, 0.717) is 0 Å². The van der Waals surface area contributed by atoms with Gasteiger partial charge in [0.2, 0.25) is 4.75 Å². The summed E-state index contributed by atoms with van der Waals surface area (Å²) in [6.45, 7) is 4.61. The molecule has 0 aromatic carbocycles. The highest BCUT2D eigenvalue weighted by Crippen LogP contribution is 2.23. The molecule has 1 unspecified atom stereocenters. The number of methoxy groups -OCH3 is 1. The lowest BCUT2D eigenvalue weighted by Crippen LogP contribution is -2.46. The molecule has 0 aliphatic heterocycles. The van der Waals surface area contributed by atoms with Gasteiger partial charge < -0.3 is 9.47 Å². The van der Waals surface area contributed by atoms with E-state index in [1.807, 2.05) is 0 Å². The highest BCUT2D eigenvalue weighted by Gasteiger charge is 2.49. The van der Waals surface area contributed by atoms with E-state index >= 15 is 0 Å². The molecule has 0 saturated heterocycles. The SMILES string of the molecule is COC(=O)C(C)(CC(=O)OCC(C)C)S(=O)(=O)O. The Morgan fingerprint density at radius 2 is 1.83 bits per heavy atom. The maximum atomic E-state index is 11.4. The van der Waals surface area contributed by atoms with Gasteiger partial charge in [-0.3, -0.25) is 14.1 Å². The zero-order valence-electron chi connectivity index (χ0n) is 10.8. The highest BCUT2D eigenvalue weighted by molar-refractivity contribution is 7.88. The zero-order chi connectivity index (χ0) is 14.6. The maximum absolute atomic E-state index is 11.4. The summed E-state index contributed by atoms with van der Waals surface area (Å²) in [6.07, 6.45) is -0.800. The van der Waals surface area contributed by atoms with Crippen molar-refractivity contribution in [2.45, 2.75) is 31.9 Å². The van der Waals surface area contributed by atoms with Crippen LogP contribution in [-0.2, 0) is 29.2 Å². The van der Waals surface area contributed by atoms with E-state index in [1.54, 1.807) is 13.8 Å². The minimum Gasteiger partial charge on any atom is -0.468 e. The Hall–Kier alpha value is -1.15. The molecule has 0 amide bonds. The van der Waals surface area contributed by atoms with Gasteiger partial charge in [0, 0.05) is 0 Å². The first kappa shape index (κ1) is 16.9. The second-order valence-electron chi connectivity index (χ2n) is 4.45. The summed E-state index contributed by atoms with van der Waals surface area (Å²) in [5, 5.41) is 0. The number of rotatable bonds is 6. The van der Waals surface area contributed by atoms with Crippen LogP contribution in [0.1, 0.15) is 27.2 Å². The standard InChI is InChI=1S/C10H18O7S/c1-7(2)6-17-8(11)5-10(3,9(12)16-4)18(13,14)15/h7H,5-6H2,1-4H3,(H,13,14,15). The van der Waals surface area contributed by atoms with E-state index in [2.05, 4.69) is 4.74 Å². The Kier molecular flexibility index (Phi) is 5.75. The fraction of sp³-hybridized carbons (Fsp3) is 0.800. The third kappa shape index (κ3) is 4.26. The molecule has 1 N–H and O–H groups in total. The number of carbonyl (C=O) groups excluding carboxylic acids is 2. The van der Waals surface area contributed by atoms with Crippen LogP contribution in [0.15, 0.2) is 0 Å². The van der Waals surface area contributed by atoms with Crippen molar-refractivity contribution in [3.8, 4) is 0 Å². The normalized spacial score (nSPS) is 15.0. The largest absolute Gasteiger partial charge is 0.468 e. The minimum absolute atomic E-state index is 0.0732. The summed E-state index contributed by atoms with van der Waals surface area (Å²) < 4.78 is 38.1. The molecule has 0 aliphatic rings. The van der Waals surface area contributed by atoms with Crippen molar-refractivity contribution < 1.29 is 32.0 Å². The summed E-state index contributed by atoms with van der Waals surface area (Å²) >= 11 is 0. The summed E-state index contributed by atoms with van der Waals surface area (Å²) in [6, 6.07) is 0. The third-order valence-corrected chi connectivity index (χ3v) is 3.70. The number of esters is 2. The van der Waals surface area contributed by atoms with Gasteiger partial charge >= 0.3 is 11.9 Å². The van der Waals surface area contributed by atoms with Crippen molar-refractivity contribution in [2.75, 3.05) is 13.7 Å². The quantitative estimate of drug-likeness (QED) is 0.554. The molecule has 0 fully saturated rings. The first-order chi connectivity index (χ1) is 8.04. The van der Waals surface area contributed by atoms with E-state index in [4.69, 9.17) is 9.29 Å². The first-order valence-corrected chi connectivity index (χ1v) is 6.69. The van der Waals surface area contributed by atoms with Crippen molar-refractivity contribution in [2.24, 2.45) is 5.92 Å². The minimum atomic E-state index is -4.78. The molecule has 0 aromatic heterocycles. The zero-order valence-corrected chi connectivity index (χ0v) is 11.6. The molecule has 0 rings (SSSR count). The number of carbonyl (C=O) groups is 2. The summed E-state index contributed by atoms with van der Waals surface area (Å²) in [5.74, 6) is -2.04.